The molecule has 2 aromatic carbocycles. The van der Waals surface area contributed by atoms with E-state index in [0.717, 1.165) is 27.0 Å². The largest absolute Gasteiger partial charge is 0.493 e. The van der Waals surface area contributed by atoms with Crippen LogP contribution >= 0.6 is 34.4 Å². The Morgan fingerprint density at radius 3 is 2.66 bits per heavy atom. The van der Waals surface area contributed by atoms with Crippen molar-refractivity contribution in [2.45, 2.75) is 33.3 Å². The normalized spacial score (nSPS) is 17.5. The number of hydrogen-bond acceptors (Lipinski definition) is 5. The summed E-state index contributed by atoms with van der Waals surface area (Å²) < 4.78 is 12.5. The van der Waals surface area contributed by atoms with E-state index in [1.54, 1.807) is 7.11 Å². The number of amides is 1. The van der Waals surface area contributed by atoms with E-state index < -0.39 is 0 Å². The van der Waals surface area contributed by atoms with Gasteiger partial charge in [0.15, 0.2) is 16.7 Å². The summed E-state index contributed by atoms with van der Waals surface area (Å²) in [6.45, 7) is 6.13. The molecule has 0 unspecified atom stereocenters. The number of ether oxygens (including phenoxy) is 2. The second kappa shape index (κ2) is 9.67. The molecule has 0 aromatic heterocycles. The Kier molecular flexibility index (Phi) is 7.23. The van der Waals surface area contributed by atoms with Gasteiger partial charge in [-0.1, -0.05) is 24.6 Å². The topological polar surface area (TPSA) is 59.9 Å². The van der Waals surface area contributed by atoms with Gasteiger partial charge in [-0.3, -0.25) is 4.79 Å². The van der Waals surface area contributed by atoms with Gasteiger partial charge in [0, 0.05) is 0 Å². The van der Waals surface area contributed by atoms with Crippen LogP contribution in [0.1, 0.15) is 31.4 Å². The fraction of sp³-hybridized carbons (Fsp3) is 0.273. The van der Waals surface area contributed by atoms with Crippen molar-refractivity contribution in [1.29, 1.82) is 0 Å². The van der Waals surface area contributed by atoms with Crippen LogP contribution in [0.15, 0.2) is 46.3 Å². The molecule has 0 saturated carbocycles. The summed E-state index contributed by atoms with van der Waals surface area (Å²) in [6.07, 6.45) is 2.85. The third kappa shape index (κ3) is 5.54. The maximum absolute atomic E-state index is 12.4. The van der Waals surface area contributed by atoms with E-state index in [2.05, 4.69) is 39.8 Å². The predicted molar refractivity (Wildman–Crippen MR) is 128 cm³/mol. The number of carbonyl (C=O) groups is 1. The average Bonchev–Trinajstić information content (AvgIpc) is 3.04. The highest BCUT2D eigenvalue weighted by Gasteiger charge is 2.24. The fourth-order valence-electron chi connectivity index (χ4n) is 2.59. The second-order valence-electron chi connectivity index (χ2n) is 6.69. The third-order valence-electron chi connectivity index (χ3n) is 4.36. The van der Waals surface area contributed by atoms with Crippen LogP contribution in [0.4, 0.5) is 5.69 Å². The first kappa shape index (κ1) is 21.7. The summed E-state index contributed by atoms with van der Waals surface area (Å²) in [5.74, 6) is 1.23. The van der Waals surface area contributed by atoms with Gasteiger partial charge < -0.3 is 14.8 Å². The predicted octanol–water partition coefficient (Wildman–Crippen LogP) is 5.68. The molecule has 152 valence electrons. The molecule has 1 amide bonds. The zero-order chi connectivity index (χ0) is 21.0. The highest BCUT2D eigenvalue weighted by atomic mass is 127. The number of amidine groups is 1. The Morgan fingerprint density at radius 2 is 2.00 bits per heavy atom. The molecular formula is C22H23IN2O3S. The molecule has 1 heterocycles. The zero-order valence-electron chi connectivity index (χ0n) is 16.8. The number of aliphatic imine (C=N–C) groups is 1. The summed E-state index contributed by atoms with van der Waals surface area (Å²) in [5.41, 5.74) is 2.85. The van der Waals surface area contributed by atoms with Crippen LogP contribution in [0, 0.1) is 10.5 Å². The van der Waals surface area contributed by atoms with Gasteiger partial charge in [-0.05, 0) is 90.5 Å². The molecule has 2 aromatic rings. The first-order valence-electron chi connectivity index (χ1n) is 9.30. The van der Waals surface area contributed by atoms with Gasteiger partial charge in [0.25, 0.3) is 5.91 Å². The molecular weight excluding hydrogens is 499 g/mol. The fourth-order valence-corrected chi connectivity index (χ4v) is 4.18. The van der Waals surface area contributed by atoms with Crippen molar-refractivity contribution < 1.29 is 14.3 Å². The van der Waals surface area contributed by atoms with E-state index in [1.165, 1.54) is 17.3 Å². The number of rotatable bonds is 6. The summed E-state index contributed by atoms with van der Waals surface area (Å²) in [7, 11) is 1.62. The first-order valence-corrected chi connectivity index (χ1v) is 11.2. The number of halogens is 1. The average molecular weight is 522 g/mol. The van der Waals surface area contributed by atoms with Gasteiger partial charge in [-0.15, -0.1) is 0 Å². The summed E-state index contributed by atoms with van der Waals surface area (Å²) in [6, 6.07) is 11.7. The van der Waals surface area contributed by atoms with Crippen LogP contribution in [-0.2, 0) is 4.79 Å². The van der Waals surface area contributed by atoms with Gasteiger partial charge in [0.2, 0.25) is 0 Å². The lowest BCUT2D eigenvalue weighted by Gasteiger charge is -2.17. The number of hydrogen-bond donors (Lipinski definition) is 1. The quantitative estimate of drug-likeness (QED) is 0.392. The minimum atomic E-state index is -0.158. The molecule has 29 heavy (non-hydrogen) atoms. The van der Waals surface area contributed by atoms with Crippen molar-refractivity contribution in [3.63, 3.8) is 0 Å². The molecule has 1 aliphatic rings. The van der Waals surface area contributed by atoms with E-state index in [9.17, 15) is 4.79 Å². The number of benzene rings is 2. The van der Waals surface area contributed by atoms with Crippen LogP contribution in [-0.4, -0.2) is 24.3 Å². The number of thioether (sulfide) groups is 1. The molecule has 1 fully saturated rings. The van der Waals surface area contributed by atoms with Crippen LogP contribution in [0.25, 0.3) is 6.08 Å². The smallest absolute Gasteiger partial charge is 0.264 e. The molecule has 1 N–H and O–H groups in total. The van der Waals surface area contributed by atoms with E-state index in [0.29, 0.717) is 15.8 Å². The van der Waals surface area contributed by atoms with Gasteiger partial charge >= 0.3 is 0 Å². The van der Waals surface area contributed by atoms with Gasteiger partial charge in [-0.25, -0.2) is 4.99 Å². The first-order chi connectivity index (χ1) is 13.9. The molecule has 0 radical (unpaired) electrons. The standard InChI is InChI=1S/C22H23IN2O3S/c1-5-14(3)28-20-17(23)10-15(11-18(20)27-4)12-19-21(26)25-22(29-19)24-16-8-6-13(2)7-9-16/h6-12,14H,5H2,1-4H3,(H,24,25,26)/b19-12+/t14-/m0/s1. The third-order valence-corrected chi connectivity index (χ3v) is 6.07. The van der Waals surface area contributed by atoms with Crippen molar-refractivity contribution >= 4 is 57.2 Å². The highest BCUT2D eigenvalue weighted by molar-refractivity contribution is 14.1. The molecule has 1 saturated heterocycles. The summed E-state index contributed by atoms with van der Waals surface area (Å²) in [5, 5.41) is 3.40. The molecule has 7 heteroatoms. The number of carbonyl (C=O) groups excluding carboxylic acids is 1. The number of methoxy groups -OCH3 is 1. The number of nitrogens with one attached hydrogen (secondary N) is 1. The molecule has 1 atom stereocenters. The van der Waals surface area contributed by atoms with Crippen molar-refractivity contribution in [1.82, 2.24) is 5.32 Å². The Hall–Kier alpha value is -2.00. The highest BCUT2D eigenvalue weighted by Crippen LogP contribution is 2.37. The summed E-state index contributed by atoms with van der Waals surface area (Å²) >= 11 is 3.56. The molecule has 0 bridgehead atoms. The van der Waals surface area contributed by atoms with Gasteiger partial charge in [-0.2, -0.15) is 0 Å². The lowest BCUT2D eigenvalue weighted by molar-refractivity contribution is -0.115. The molecule has 3 rings (SSSR count). The van der Waals surface area contributed by atoms with Crippen LogP contribution in [0.2, 0.25) is 0 Å². The Balaban J connectivity index is 1.85. The monoisotopic (exact) mass is 522 g/mol. The van der Waals surface area contributed by atoms with Crippen molar-refractivity contribution in [2.24, 2.45) is 4.99 Å². The molecule has 5 nitrogen and oxygen atoms in total. The molecule has 1 aliphatic heterocycles. The van der Waals surface area contributed by atoms with E-state index >= 15 is 0 Å². The summed E-state index contributed by atoms with van der Waals surface area (Å²) in [4.78, 5) is 17.5. The van der Waals surface area contributed by atoms with Gasteiger partial charge in [0.05, 0.1) is 27.4 Å². The molecule has 0 spiro atoms. The Labute approximate surface area is 189 Å². The van der Waals surface area contributed by atoms with Crippen LogP contribution in [0.3, 0.4) is 0 Å². The lowest BCUT2D eigenvalue weighted by atomic mass is 10.2. The lowest BCUT2D eigenvalue weighted by Crippen LogP contribution is -2.19. The van der Waals surface area contributed by atoms with Crippen molar-refractivity contribution in [3.05, 3.63) is 56.0 Å². The zero-order valence-corrected chi connectivity index (χ0v) is 19.8. The van der Waals surface area contributed by atoms with E-state index in [4.69, 9.17) is 9.47 Å². The van der Waals surface area contributed by atoms with Gasteiger partial charge in [0.1, 0.15) is 0 Å². The van der Waals surface area contributed by atoms with E-state index in [1.807, 2.05) is 56.3 Å². The molecule has 0 aliphatic carbocycles. The SMILES string of the molecule is CC[C@H](C)Oc1c(I)cc(/C=C2/SC(=Nc3ccc(C)cc3)NC2=O)cc1OC. The maximum Gasteiger partial charge on any atom is 0.264 e. The minimum Gasteiger partial charge on any atom is -0.493 e. The number of aryl methyl sites for hydroxylation is 1. The van der Waals surface area contributed by atoms with Crippen LogP contribution in [0.5, 0.6) is 11.5 Å². The van der Waals surface area contributed by atoms with E-state index in [-0.39, 0.29) is 12.0 Å². The van der Waals surface area contributed by atoms with Crippen molar-refractivity contribution in [3.8, 4) is 11.5 Å². The minimum absolute atomic E-state index is 0.0957. The second-order valence-corrected chi connectivity index (χ2v) is 8.88. The number of nitrogens with zero attached hydrogens (tertiary/aromatic N) is 1. The Morgan fingerprint density at radius 1 is 1.28 bits per heavy atom. The van der Waals surface area contributed by atoms with Crippen LogP contribution < -0.4 is 14.8 Å². The van der Waals surface area contributed by atoms with Crippen molar-refractivity contribution in [2.75, 3.05) is 7.11 Å². The maximum atomic E-state index is 12.4. The Bertz CT molecular complexity index is 971.